The van der Waals surface area contributed by atoms with E-state index in [0.717, 1.165) is 50.2 Å². The second-order valence-corrected chi connectivity index (χ2v) is 5.18. The van der Waals surface area contributed by atoms with E-state index in [1.807, 2.05) is 24.0 Å². The van der Waals surface area contributed by atoms with Gasteiger partial charge >= 0.3 is 0 Å². The van der Waals surface area contributed by atoms with E-state index in [0.29, 0.717) is 6.04 Å². The number of carbonyl (C=O) groups is 1. The Hall–Kier alpha value is -1.42. The highest BCUT2D eigenvalue weighted by atomic mass is 16.2. The molecule has 2 heterocycles. The van der Waals surface area contributed by atoms with Crippen LogP contribution in [-0.2, 0) is 0 Å². The number of pyridine rings is 1. The zero-order valence-electron chi connectivity index (χ0n) is 11.9. The van der Waals surface area contributed by atoms with E-state index in [2.05, 4.69) is 17.2 Å². The fourth-order valence-electron chi connectivity index (χ4n) is 2.63. The Morgan fingerprint density at radius 2 is 2.42 bits per heavy atom. The van der Waals surface area contributed by atoms with Crippen LogP contribution in [0.2, 0.25) is 0 Å². The maximum absolute atomic E-state index is 12.7. The van der Waals surface area contributed by atoms with Gasteiger partial charge in [-0.3, -0.25) is 9.78 Å². The van der Waals surface area contributed by atoms with Crippen LogP contribution in [0.15, 0.2) is 18.3 Å². The zero-order valence-corrected chi connectivity index (χ0v) is 11.9. The summed E-state index contributed by atoms with van der Waals surface area (Å²) in [6, 6.07) is 4.02. The van der Waals surface area contributed by atoms with Crippen molar-refractivity contribution in [3.05, 3.63) is 29.6 Å². The molecule has 0 aliphatic carbocycles. The molecular weight excluding hydrogens is 238 g/mol. The fourth-order valence-corrected chi connectivity index (χ4v) is 2.63. The molecule has 1 aliphatic rings. The summed E-state index contributed by atoms with van der Waals surface area (Å²) < 4.78 is 0. The van der Waals surface area contributed by atoms with Gasteiger partial charge in [0.05, 0.1) is 0 Å². The maximum atomic E-state index is 12.7. The summed E-state index contributed by atoms with van der Waals surface area (Å²) >= 11 is 0. The van der Waals surface area contributed by atoms with Crippen molar-refractivity contribution in [2.24, 2.45) is 0 Å². The highest BCUT2D eigenvalue weighted by molar-refractivity contribution is 5.94. The van der Waals surface area contributed by atoms with Crippen molar-refractivity contribution < 1.29 is 4.79 Å². The highest BCUT2D eigenvalue weighted by Crippen LogP contribution is 2.15. The Kier molecular flexibility index (Phi) is 4.91. The maximum Gasteiger partial charge on any atom is 0.254 e. The van der Waals surface area contributed by atoms with E-state index < -0.39 is 0 Å². The van der Waals surface area contributed by atoms with E-state index in [9.17, 15) is 4.79 Å². The molecule has 1 atom stereocenters. The van der Waals surface area contributed by atoms with Gasteiger partial charge in [-0.15, -0.1) is 0 Å². The first-order valence-electron chi connectivity index (χ1n) is 7.16. The van der Waals surface area contributed by atoms with Crippen molar-refractivity contribution in [3.63, 3.8) is 0 Å². The number of rotatable bonds is 4. The van der Waals surface area contributed by atoms with Crippen molar-refractivity contribution in [1.29, 1.82) is 0 Å². The molecule has 0 bridgehead atoms. The second kappa shape index (κ2) is 6.66. The van der Waals surface area contributed by atoms with Crippen LogP contribution in [-0.4, -0.2) is 41.5 Å². The number of amides is 1. The minimum absolute atomic E-state index is 0.140. The van der Waals surface area contributed by atoms with Crippen LogP contribution in [0.1, 0.15) is 42.2 Å². The Labute approximate surface area is 115 Å². The molecule has 0 aromatic carbocycles. The SMILES string of the molecule is CCCN(C(=O)c1ccnc(C)c1)C1CCCNC1. The average Bonchev–Trinajstić information content (AvgIpc) is 2.45. The first kappa shape index (κ1) is 14.0. The topological polar surface area (TPSA) is 45.2 Å². The van der Waals surface area contributed by atoms with Crippen molar-refractivity contribution in [2.45, 2.75) is 39.2 Å². The van der Waals surface area contributed by atoms with Crippen LogP contribution in [0.4, 0.5) is 0 Å². The predicted octanol–water partition coefficient (Wildman–Crippen LogP) is 1.99. The van der Waals surface area contributed by atoms with Crippen LogP contribution in [0, 0.1) is 6.92 Å². The molecule has 1 aromatic rings. The second-order valence-electron chi connectivity index (χ2n) is 5.18. The number of carbonyl (C=O) groups excluding carboxylic acids is 1. The van der Waals surface area contributed by atoms with Crippen molar-refractivity contribution in [3.8, 4) is 0 Å². The summed E-state index contributed by atoms with van der Waals surface area (Å²) in [5, 5.41) is 3.39. The average molecular weight is 261 g/mol. The number of nitrogens with one attached hydrogen (secondary N) is 1. The molecule has 104 valence electrons. The molecule has 0 saturated carbocycles. The molecule has 4 heteroatoms. The lowest BCUT2D eigenvalue weighted by molar-refractivity contribution is 0.0648. The van der Waals surface area contributed by atoms with Crippen LogP contribution < -0.4 is 5.32 Å². The van der Waals surface area contributed by atoms with Gasteiger partial charge in [0.15, 0.2) is 0 Å². The summed E-state index contributed by atoms with van der Waals surface area (Å²) in [4.78, 5) is 18.8. The molecule has 1 unspecified atom stereocenters. The fraction of sp³-hybridized carbons (Fsp3) is 0.600. The summed E-state index contributed by atoms with van der Waals surface area (Å²) in [6.07, 6.45) is 4.95. The van der Waals surface area contributed by atoms with E-state index in [1.54, 1.807) is 6.20 Å². The van der Waals surface area contributed by atoms with Crippen LogP contribution in [0.25, 0.3) is 0 Å². The summed E-state index contributed by atoms with van der Waals surface area (Å²) in [6.45, 7) is 6.85. The third-order valence-electron chi connectivity index (χ3n) is 3.58. The molecule has 1 aliphatic heterocycles. The molecule has 1 fully saturated rings. The first-order chi connectivity index (χ1) is 9.22. The van der Waals surface area contributed by atoms with Crippen LogP contribution in [0.5, 0.6) is 0 Å². The number of hydrogen-bond acceptors (Lipinski definition) is 3. The molecule has 0 spiro atoms. The third-order valence-corrected chi connectivity index (χ3v) is 3.58. The monoisotopic (exact) mass is 261 g/mol. The highest BCUT2D eigenvalue weighted by Gasteiger charge is 2.25. The first-order valence-corrected chi connectivity index (χ1v) is 7.16. The Balaban J connectivity index is 2.15. The largest absolute Gasteiger partial charge is 0.334 e. The van der Waals surface area contributed by atoms with Gasteiger partial charge in [-0.05, 0) is 44.9 Å². The number of aromatic nitrogens is 1. The minimum Gasteiger partial charge on any atom is -0.334 e. The van der Waals surface area contributed by atoms with Crippen LogP contribution >= 0.6 is 0 Å². The van der Waals surface area contributed by atoms with Gasteiger partial charge in [-0.2, -0.15) is 0 Å². The van der Waals surface area contributed by atoms with Gasteiger partial charge in [0.1, 0.15) is 0 Å². The van der Waals surface area contributed by atoms with Crippen molar-refractivity contribution >= 4 is 5.91 Å². The summed E-state index contributed by atoms with van der Waals surface area (Å²) in [5.74, 6) is 0.140. The van der Waals surface area contributed by atoms with Gasteiger partial charge < -0.3 is 10.2 Å². The van der Waals surface area contributed by atoms with Crippen molar-refractivity contribution in [2.75, 3.05) is 19.6 Å². The van der Waals surface area contributed by atoms with Gasteiger partial charge in [0.25, 0.3) is 5.91 Å². The molecule has 1 amide bonds. The Morgan fingerprint density at radius 1 is 1.58 bits per heavy atom. The molecule has 0 radical (unpaired) electrons. The smallest absolute Gasteiger partial charge is 0.254 e. The summed E-state index contributed by atoms with van der Waals surface area (Å²) in [7, 11) is 0. The normalized spacial score (nSPS) is 19.2. The number of piperidine rings is 1. The van der Waals surface area contributed by atoms with E-state index in [-0.39, 0.29) is 5.91 Å². The molecule has 19 heavy (non-hydrogen) atoms. The number of aryl methyl sites for hydroxylation is 1. The quantitative estimate of drug-likeness (QED) is 0.901. The van der Waals surface area contributed by atoms with E-state index in [1.165, 1.54) is 0 Å². The number of hydrogen-bond donors (Lipinski definition) is 1. The molecule has 1 aromatic heterocycles. The number of nitrogens with zero attached hydrogens (tertiary/aromatic N) is 2. The minimum atomic E-state index is 0.140. The molecule has 1 saturated heterocycles. The van der Waals surface area contributed by atoms with Gasteiger partial charge in [-0.25, -0.2) is 0 Å². The molecular formula is C15H23N3O. The van der Waals surface area contributed by atoms with Gasteiger partial charge in [-0.1, -0.05) is 6.92 Å². The van der Waals surface area contributed by atoms with E-state index in [4.69, 9.17) is 0 Å². The lowest BCUT2D eigenvalue weighted by Crippen LogP contribution is -2.49. The Morgan fingerprint density at radius 3 is 3.05 bits per heavy atom. The zero-order chi connectivity index (χ0) is 13.7. The van der Waals surface area contributed by atoms with Crippen LogP contribution in [0.3, 0.4) is 0 Å². The lowest BCUT2D eigenvalue weighted by Gasteiger charge is -2.34. The standard InChI is InChI=1S/C15H23N3O/c1-3-9-18(14-5-4-7-16-11-14)15(19)13-6-8-17-12(2)10-13/h6,8,10,14,16H,3-5,7,9,11H2,1-2H3. The lowest BCUT2D eigenvalue weighted by atomic mass is 10.0. The van der Waals surface area contributed by atoms with Crippen molar-refractivity contribution in [1.82, 2.24) is 15.2 Å². The predicted molar refractivity (Wildman–Crippen MR) is 76.2 cm³/mol. The third kappa shape index (κ3) is 3.53. The molecule has 1 N–H and O–H groups in total. The molecule has 4 nitrogen and oxygen atoms in total. The molecule has 2 rings (SSSR count). The summed E-state index contributed by atoms with van der Waals surface area (Å²) in [5.41, 5.74) is 1.65. The van der Waals surface area contributed by atoms with Gasteiger partial charge in [0.2, 0.25) is 0 Å². The van der Waals surface area contributed by atoms with Gasteiger partial charge in [0, 0.05) is 36.6 Å². The van der Waals surface area contributed by atoms with E-state index >= 15 is 0 Å². The Bertz CT molecular complexity index is 427.